The smallest absolute Gasteiger partial charge is 0.410 e. The molecule has 0 atom stereocenters. The van der Waals surface area contributed by atoms with Gasteiger partial charge in [0.25, 0.3) is 0 Å². The van der Waals surface area contributed by atoms with Crippen molar-refractivity contribution in [3.8, 4) is 11.5 Å². The lowest BCUT2D eigenvalue weighted by molar-refractivity contribution is 0.0179. The fraction of sp³-hybridized carbons (Fsp3) is 0.556. The van der Waals surface area contributed by atoms with E-state index in [1.54, 1.807) is 0 Å². The van der Waals surface area contributed by atoms with Crippen LogP contribution in [0.15, 0.2) is 34.6 Å². The van der Waals surface area contributed by atoms with Crippen molar-refractivity contribution in [2.45, 2.75) is 76.1 Å². The third kappa shape index (κ3) is 6.80. The van der Waals surface area contributed by atoms with Crippen molar-refractivity contribution < 1.29 is 19.0 Å². The first-order valence-corrected chi connectivity index (χ1v) is 14.0. The van der Waals surface area contributed by atoms with E-state index in [2.05, 4.69) is 14.5 Å². The molecule has 1 aromatic carbocycles. The van der Waals surface area contributed by atoms with E-state index >= 15 is 0 Å². The van der Waals surface area contributed by atoms with E-state index in [0.29, 0.717) is 49.2 Å². The maximum atomic E-state index is 12.4. The monoisotopic (exact) mass is 542 g/mol. The number of carbonyl (C=O) groups excluding carboxylic acids is 1. The normalized spacial score (nSPS) is 14.6. The van der Waals surface area contributed by atoms with Crippen LogP contribution in [-0.2, 0) is 11.3 Å². The minimum atomic E-state index is -0.488. The van der Waals surface area contributed by atoms with Crippen molar-refractivity contribution >= 4 is 34.8 Å². The van der Waals surface area contributed by atoms with Gasteiger partial charge in [-0.2, -0.15) is 0 Å². The van der Waals surface area contributed by atoms with E-state index in [9.17, 15) is 4.79 Å². The van der Waals surface area contributed by atoms with Gasteiger partial charge in [-0.05, 0) is 89.8 Å². The number of nitrogens with zero attached hydrogens (tertiary/aromatic N) is 5. The van der Waals surface area contributed by atoms with Gasteiger partial charge in [-0.3, -0.25) is 0 Å². The lowest BCUT2D eigenvalue weighted by Crippen LogP contribution is -2.41. The lowest BCUT2D eigenvalue weighted by Gasteiger charge is -2.33. The number of likely N-dealkylation sites (tertiary alicyclic amines) is 1. The highest BCUT2D eigenvalue weighted by molar-refractivity contribution is 7.99. The Hall–Kier alpha value is -3.21. The molecule has 0 saturated carbocycles. The molecular formula is C27H38N6O4S. The maximum absolute atomic E-state index is 12.4. The van der Waals surface area contributed by atoms with Crippen molar-refractivity contribution in [3.63, 3.8) is 0 Å². The number of anilines is 1. The van der Waals surface area contributed by atoms with Crippen LogP contribution in [0.3, 0.4) is 0 Å². The summed E-state index contributed by atoms with van der Waals surface area (Å²) >= 11 is 1.51. The number of aryl methyl sites for hydroxylation is 1. The Morgan fingerprint density at radius 3 is 2.55 bits per heavy atom. The molecule has 1 aliphatic heterocycles. The third-order valence-corrected chi connectivity index (χ3v) is 7.31. The lowest BCUT2D eigenvalue weighted by atomic mass is 9.94. The zero-order chi connectivity index (χ0) is 27.3. The predicted octanol–water partition coefficient (Wildman–Crippen LogP) is 5.39. The van der Waals surface area contributed by atoms with Gasteiger partial charge < -0.3 is 29.4 Å². The van der Waals surface area contributed by atoms with E-state index < -0.39 is 5.60 Å². The summed E-state index contributed by atoms with van der Waals surface area (Å²) in [5.74, 6) is 2.38. The van der Waals surface area contributed by atoms with Crippen LogP contribution in [-0.4, -0.2) is 62.4 Å². The molecule has 3 aromatic rings. The summed E-state index contributed by atoms with van der Waals surface area (Å²) < 4.78 is 19.3. The topological polar surface area (TPSA) is 118 Å². The number of hydrogen-bond acceptors (Lipinski definition) is 9. The molecule has 0 aliphatic carbocycles. The van der Waals surface area contributed by atoms with Crippen molar-refractivity contribution in [2.24, 2.45) is 5.92 Å². The Labute approximate surface area is 228 Å². The molecule has 2 N–H and O–H groups in total. The summed E-state index contributed by atoms with van der Waals surface area (Å²) in [6, 6.07) is 5.81. The number of nitrogen functional groups attached to an aromatic ring is 1. The number of fused-ring (bicyclic) bond motifs is 1. The first-order chi connectivity index (χ1) is 18.2. The molecule has 1 aliphatic rings. The zero-order valence-corrected chi connectivity index (χ0v) is 23.7. The molecule has 38 heavy (non-hydrogen) atoms. The molecule has 0 spiro atoms. The van der Waals surface area contributed by atoms with Crippen LogP contribution in [0.2, 0.25) is 0 Å². The van der Waals surface area contributed by atoms with Gasteiger partial charge in [0, 0.05) is 19.6 Å². The summed E-state index contributed by atoms with van der Waals surface area (Å²) in [5, 5.41) is 0.771. The number of piperidine rings is 1. The Balaban J connectivity index is 1.52. The number of benzene rings is 1. The van der Waals surface area contributed by atoms with Gasteiger partial charge in [-0.15, -0.1) is 0 Å². The van der Waals surface area contributed by atoms with Gasteiger partial charge in [0.1, 0.15) is 23.4 Å². The van der Waals surface area contributed by atoms with Gasteiger partial charge >= 0.3 is 6.09 Å². The SMILES string of the molecule is CCOc1ccc(OCC)c(Sc2nc3c(N)ncnc3n2CCC2CCN(C(=O)OC(C)(C)C)CC2)c1. The number of imidazole rings is 1. The van der Waals surface area contributed by atoms with Crippen LogP contribution in [0.4, 0.5) is 10.6 Å². The second-order valence-corrected chi connectivity index (χ2v) is 11.3. The van der Waals surface area contributed by atoms with Gasteiger partial charge in [0.05, 0.1) is 18.1 Å². The highest BCUT2D eigenvalue weighted by atomic mass is 32.2. The average molecular weight is 543 g/mol. The van der Waals surface area contributed by atoms with Crippen LogP contribution < -0.4 is 15.2 Å². The molecule has 206 valence electrons. The summed E-state index contributed by atoms with van der Waals surface area (Å²) in [6.07, 6.45) is 4.03. The number of nitrogens with two attached hydrogens (primary N) is 1. The number of carbonyl (C=O) groups is 1. The molecule has 2 aromatic heterocycles. The number of rotatable bonds is 9. The molecule has 1 saturated heterocycles. The maximum Gasteiger partial charge on any atom is 0.410 e. The molecular weight excluding hydrogens is 504 g/mol. The number of ether oxygens (including phenoxy) is 3. The predicted molar refractivity (Wildman–Crippen MR) is 148 cm³/mol. The van der Waals surface area contributed by atoms with Crippen LogP contribution in [0, 0.1) is 5.92 Å². The molecule has 1 fully saturated rings. The molecule has 3 heterocycles. The van der Waals surface area contributed by atoms with Crippen LogP contribution in [0.25, 0.3) is 11.2 Å². The fourth-order valence-corrected chi connectivity index (χ4v) is 5.48. The quantitative estimate of drug-likeness (QED) is 0.379. The molecule has 10 nitrogen and oxygen atoms in total. The van der Waals surface area contributed by atoms with E-state index in [-0.39, 0.29) is 6.09 Å². The first kappa shape index (κ1) is 27.8. The van der Waals surface area contributed by atoms with Crippen molar-refractivity contribution in [1.29, 1.82) is 0 Å². The van der Waals surface area contributed by atoms with E-state index in [1.165, 1.54) is 18.1 Å². The second kappa shape index (κ2) is 12.1. The number of aromatic nitrogens is 4. The summed E-state index contributed by atoms with van der Waals surface area (Å²) in [7, 11) is 0. The van der Waals surface area contributed by atoms with E-state index in [1.807, 2.05) is 57.7 Å². The summed E-state index contributed by atoms with van der Waals surface area (Å²) in [5.41, 5.74) is 6.99. The van der Waals surface area contributed by atoms with Gasteiger partial charge in [-0.25, -0.2) is 19.7 Å². The Kier molecular flexibility index (Phi) is 8.86. The molecule has 4 rings (SSSR count). The highest BCUT2D eigenvalue weighted by Gasteiger charge is 2.27. The van der Waals surface area contributed by atoms with Crippen LogP contribution >= 0.6 is 11.8 Å². The van der Waals surface area contributed by atoms with E-state index in [0.717, 1.165) is 47.4 Å². The minimum absolute atomic E-state index is 0.234. The third-order valence-electron chi connectivity index (χ3n) is 6.28. The molecule has 0 bridgehead atoms. The molecule has 11 heteroatoms. The Morgan fingerprint density at radius 2 is 1.87 bits per heavy atom. The number of hydrogen-bond donors (Lipinski definition) is 1. The van der Waals surface area contributed by atoms with E-state index in [4.69, 9.17) is 24.9 Å². The van der Waals surface area contributed by atoms with Crippen LogP contribution in [0.5, 0.6) is 11.5 Å². The number of amides is 1. The summed E-state index contributed by atoms with van der Waals surface area (Å²) in [6.45, 7) is 12.9. The van der Waals surface area contributed by atoms with Crippen molar-refractivity contribution in [1.82, 2.24) is 24.4 Å². The standard InChI is InChI=1S/C27H38N6O4S/c1-6-35-19-8-9-20(36-7-2)21(16-19)38-25-31-22-23(28)29-17-30-24(22)33(25)15-12-18-10-13-32(14-11-18)26(34)37-27(3,4)5/h8-9,16-18H,6-7,10-15H2,1-5H3,(H2,28,29,30). The first-order valence-electron chi connectivity index (χ1n) is 13.2. The molecule has 0 radical (unpaired) electrons. The largest absolute Gasteiger partial charge is 0.494 e. The average Bonchev–Trinajstić information content (AvgIpc) is 3.22. The summed E-state index contributed by atoms with van der Waals surface area (Å²) in [4.78, 5) is 28.6. The second-order valence-electron chi connectivity index (χ2n) is 10.3. The van der Waals surface area contributed by atoms with Gasteiger partial charge in [-0.1, -0.05) is 0 Å². The van der Waals surface area contributed by atoms with Gasteiger partial charge in [0.15, 0.2) is 22.1 Å². The van der Waals surface area contributed by atoms with Crippen molar-refractivity contribution in [3.05, 3.63) is 24.5 Å². The fourth-order valence-electron chi connectivity index (χ4n) is 4.45. The van der Waals surface area contributed by atoms with Crippen LogP contribution in [0.1, 0.15) is 53.9 Å². The Morgan fingerprint density at radius 1 is 1.13 bits per heavy atom. The zero-order valence-electron chi connectivity index (χ0n) is 22.9. The Bertz CT molecular complexity index is 1250. The van der Waals surface area contributed by atoms with Crippen molar-refractivity contribution in [2.75, 3.05) is 32.0 Å². The highest BCUT2D eigenvalue weighted by Crippen LogP contribution is 2.39. The van der Waals surface area contributed by atoms with Gasteiger partial charge in [0.2, 0.25) is 0 Å². The molecule has 0 unspecified atom stereocenters. The molecule has 1 amide bonds. The minimum Gasteiger partial charge on any atom is -0.494 e.